The van der Waals surface area contributed by atoms with Crippen molar-refractivity contribution < 1.29 is 9.47 Å². The van der Waals surface area contributed by atoms with Gasteiger partial charge in [-0.2, -0.15) is 0 Å². The summed E-state index contributed by atoms with van der Waals surface area (Å²) in [6, 6.07) is 8.77. The van der Waals surface area contributed by atoms with E-state index in [2.05, 4.69) is 10.4 Å². The molecule has 0 aliphatic carbocycles. The third kappa shape index (κ3) is 3.01. The van der Waals surface area contributed by atoms with Gasteiger partial charge in [0.25, 0.3) is 0 Å². The van der Waals surface area contributed by atoms with E-state index in [1.54, 1.807) is 26.5 Å². The lowest BCUT2D eigenvalue weighted by Gasteiger charge is -2.19. The molecule has 6 heteroatoms. The van der Waals surface area contributed by atoms with E-state index in [9.17, 15) is 0 Å². The van der Waals surface area contributed by atoms with E-state index in [1.165, 1.54) is 0 Å². The van der Waals surface area contributed by atoms with Crippen molar-refractivity contribution in [3.8, 4) is 11.5 Å². The van der Waals surface area contributed by atoms with E-state index in [0.717, 1.165) is 17.0 Å². The molecule has 1 aromatic heterocycles. The van der Waals surface area contributed by atoms with Crippen LogP contribution in [-0.4, -0.2) is 19.2 Å². The third-order valence-corrected chi connectivity index (χ3v) is 3.18. The van der Waals surface area contributed by atoms with E-state index in [4.69, 9.17) is 26.9 Å². The summed E-state index contributed by atoms with van der Waals surface area (Å²) in [5.41, 5.74) is 4.32. The monoisotopic (exact) mass is 293 g/mol. The summed E-state index contributed by atoms with van der Waals surface area (Å²) in [6.45, 7) is 0. The van der Waals surface area contributed by atoms with Crippen LogP contribution in [0.15, 0.2) is 36.5 Å². The Kier molecular flexibility index (Phi) is 4.79. The summed E-state index contributed by atoms with van der Waals surface area (Å²) in [4.78, 5) is 4.29. The van der Waals surface area contributed by atoms with Gasteiger partial charge in [0, 0.05) is 11.8 Å². The van der Waals surface area contributed by atoms with Gasteiger partial charge in [-0.05, 0) is 30.3 Å². The molecule has 1 heterocycles. The van der Waals surface area contributed by atoms with Crippen LogP contribution in [0, 0.1) is 0 Å². The minimum Gasteiger partial charge on any atom is -0.497 e. The highest BCUT2D eigenvalue weighted by molar-refractivity contribution is 6.30. The Morgan fingerprint density at radius 1 is 1.20 bits per heavy atom. The molecule has 1 aromatic carbocycles. The molecule has 0 amide bonds. The average molecular weight is 294 g/mol. The molecule has 0 saturated carbocycles. The summed E-state index contributed by atoms with van der Waals surface area (Å²) in [6.07, 6.45) is 1.58. The zero-order chi connectivity index (χ0) is 14.5. The van der Waals surface area contributed by atoms with Gasteiger partial charge in [-0.3, -0.25) is 10.8 Å². The van der Waals surface area contributed by atoms with Gasteiger partial charge in [0.2, 0.25) is 0 Å². The molecule has 106 valence electrons. The number of halogens is 1. The number of nitrogens with zero attached hydrogens (tertiary/aromatic N) is 1. The van der Waals surface area contributed by atoms with Gasteiger partial charge in [-0.25, -0.2) is 5.43 Å². The third-order valence-electron chi connectivity index (χ3n) is 2.96. The molecule has 0 radical (unpaired) electrons. The Labute approximate surface area is 122 Å². The highest BCUT2D eigenvalue weighted by Crippen LogP contribution is 2.32. The van der Waals surface area contributed by atoms with E-state index in [1.807, 2.05) is 24.3 Å². The number of rotatable bonds is 5. The van der Waals surface area contributed by atoms with Crippen LogP contribution in [0.3, 0.4) is 0 Å². The van der Waals surface area contributed by atoms with Crippen LogP contribution < -0.4 is 20.7 Å². The van der Waals surface area contributed by atoms with Gasteiger partial charge in [-0.15, -0.1) is 0 Å². The van der Waals surface area contributed by atoms with Gasteiger partial charge in [-0.1, -0.05) is 11.6 Å². The van der Waals surface area contributed by atoms with Gasteiger partial charge in [0.1, 0.15) is 11.5 Å². The molecule has 0 fully saturated rings. The van der Waals surface area contributed by atoms with Gasteiger partial charge in [0.05, 0.1) is 31.0 Å². The smallest absolute Gasteiger partial charge is 0.124 e. The van der Waals surface area contributed by atoms with Crippen molar-refractivity contribution >= 4 is 11.6 Å². The van der Waals surface area contributed by atoms with Crippen LogP contribution in [0.25, 0.3) is 0 Å². The Bertz CT molecular complexity index is 575. The first-order valence-electron chi connectivity index (χ1n) is 5.99. The fourth-order valence-corrected chi connectivity index (χ4v) is 2.07. The number of aromatic nitrogens is 1. The molecular formula is C14H16ClN3O2. The first-order chi connectivity index (χ1) is 9.69. The lowest BCUT2D eigenvalue weighted by Crippen LogP contribution is -2.29. The molecule has 20 heavy (non-hydrogen) atoms. The predicted octanol–water partition coefficient (Wildman–Crippen LogP) is 2.30. The van der Waals surface area contributed by atoms with Crippen LogP contribution in [0.5, 0.6) is 11.5 Å². The summed E-state index contributed by atoms with van der Waals surface area (Å²) < 4.78 is 10.6. The number of hydrogen-bond donors (Lipinski definition) is 2. The van der Waals surface area contributed by atoms with Crippen LogP contribution in [0.1, 0.15) is 17.3 Å². The average Bonchev–Trinajstić information content (AvgIpc) is 2.49. The highest BCUT2D eigenvalue weighted by Gasteiger charge is 2.19. The van der Waals surface area contributed by atoms with Gasteiger partial charge >= 0.3 is 0 Å². The maximum atomic E-state index is 5.85. The van der Waals surface area contributed by atoms with E-state index in [-0.39, 0.29) is 6.04 Å². The van der Waals surface area contributed by atoms with Crippen LogP contribution in [0.2, 0.25) is 5.02 Å². The lowest BCUT2D eigenvalue weighted by molar-refractivity contribution is 0.393. The first-order valence-corrected chi connectivity index (χ1v) is 6.37. The van der Waals surface area contributed by atoms with Crippen LogP contribution in [0.4, 0.5) is 0 Å². The molecular weight excluding hydrogens is 278 g/mol. The molecule has 0 bridgehead atoms. The molecule has 0 saturated heterocycles. The molecule has 0 aliphatic heterocycles. The number of hydrazine groups is 1. The fraction of sp³-hybridized carbons (Fsp3) is 0.214. The van der Waals surface area contributed by atoms with Crippen LogP contribution in [-0.2, 0) is 0 Å². The Hall–Kier alpha value is -1.82. The van der Waals surface area contributed by atoms with Gasteiger partial charge in [0.15, 0.2) is 0 Å². The number of pyridine rings is 1. The van der Waals surface area contributed by atoms with Crippen molar-refractivity contribution in [2.45, 2.75) is 6.04 Å². The normalized spacial score (nSPS) is 12.0. The zero-order valence-corrected chi connectivity index (χ0v) is 12.0. The molecule has 2 rings (SSSR count). The molecule has 2 aromatic rings. The second kappa shape index (κ2) is 6.56. The zero-order valence-electron chi connectivity index (χ0n) is 11.3. The summed E-state index contributed by atoms with van der Waals surface area (Å²) in [5, 5.41) is 0.571. The minimum atomic E-state index is -0.322. The Balaban J connectivity index is 2.47. The second-order valence-electron chi connectivity index (χ2n) is 4.11. The van der Waals surface area contributed by atoms with Crippen molar-refractivity contribution in [2.24, 2.45) is 5.84 Å². The summed E-state index contributed by atoms with van der Waals surface area (Å²) in [5.74, 6) is 7.09. The number of nitrogens with one attached hydrogen (secondary N) is 1. The molecule has 1 atom stereocenters. The van der Waals surface area contributed by atoms with Crippen molar-refractivity contribution in [1.82, 2.24) is 10.4 Å². The number of benzene rings is 1. The first kappa shape index (κ1) is 14.6. The maximum absolute atomic E-state index is 5.85. The second-order valence-corrected chi connectivity index (χ2v) is 4.55. The number of nitrogens with two attached hydrogens (primary N) is 1. The maximum Gasteiger partial charge on any atom is 0.124 e. The SMILES string of the molecule is COc1ccc(OC)c(C(NN)c2ccc(Cl)cn2)c1. The van der Waals surface area contributed by atoms with Crippen molar-refractivity contribution in [1.29, 1.82) is 0 Å². The van der Waals surface area contributed by atoms with E-state index < -0.39 is 0 Å². The molecule has 0 aliphatic rings. The van der Waals surface area contributed by atoms with Gasteiger partial charge < -0.3 is 9.47 Å². The molecule has 0 spiro atoms. The topological polar surface area (TPSA) is 69.4 Å². The fourth-order valence-electron chi connectivity index (χ4n) is 1.96. The minimum absolute atomic E-state index is 0.322. The van der Waals surface area contributed by atoms with E-state index >= 15 is 0 Å². The molecule has 1 unspecified atom stereocenters. The summed E-state index contributed by atoms with van der Waals surface area (Å²) >= 11 is 5.85. The number of methoxy groups -OCH3 is 2. The van der Waals surface area contributed by atoms with Crippen molar-refractivity contribution in [2.75, 3.05) is 14.2 Å². The quantitative estimate of drug-likeness (QED) is 0.654. The molecule has 3 N–H and O–H groups in total. The van der Waals surface area contributed by atoms with Crippen LogP contribution >= 0.6 is 11.6 Å². The standard InChI is InChI=1S/C14H16ClN3O2/c1-19-10-4-6-13(20-2)11(7-10)14(18-16)12-5-3-9(15)8-17-12/h3-8,14,18H,16H2,1-2H3. The predicted molar refractivity (Wildman–Crippen MR) is 78.0 cm³/mol. The highest BCUT2D eigenvalue weighted by atomic mass is 35.5. The Morgan fingerprint density at radius 2 is 2.00 bits per heavy atom. The van der Waals surface area contributed by atoms with Crippen molar-refractivity contribution in [3.63, 3.8) is 0 Å². The Morgan fingerprint density at radius 3 is 2.55 bits per heavy atom. The number of ether oxygens (including phenoxy) is 2. The summed E-state index contributed by atoms with van der Waals surface area (Å²) in [7, 11) is 3.21. The lowest BCUT2D eigenvalue weighted by atomic mass is 10.0. The number of hydrogen-bond acceptors (Lipinski definition) is 5. The molecule has 5 nitrogen and oxygen atoms in total. The van der Waals surface area contributed by atoms with Crippen molar-refractivity contribution in [3.05, 3.63) is 52.8 Å². The van der Waals surface area contributed by atoms with E-state index in [0.29, 0.717) is 10.8 Å². The largest absolute Gasteiger partial charge is 0.497 e.